The molecule has 40 heavy (non-hydrogen) atoms. The highest BCUT2D eigenvalue weighted by Gasteiger charge is 2.21. The number of hydrogen-bond donors (Lipinski definition) is 5. The highest BCUT2D eigenvalue weighted by atomic mass is 16.5. The number of carboxylic acid groups (broad SMARTS) is 1. The van der Waals surface area contributed by atoms with E-state index in [1.54, 1.807) is 7.11 Å². The summed E-state index contributed by atoms with van der Waals surface area (Å²) in [4.78, 5) is 34.4. The van der Waals surface area contributed by atoms with E-state index >= 15 is 0 Å². The van der Waals surface area contributed by atoms with Crippen LogP contribution >= 0.6 is 0 Å². The van der Waals surface area contributed by atoms with E-state index in [0.29, 0.717) is 44.8 Å². The van der Waals surface area contributed by atoms with Crippen molar-refractivity contribution in [2.75, 3.05) is 45.3 Å². The molecule has 0 radical (unpaired) electrons. The van der Waals surface area contributed by atoms with Gasteiger partial charge in [-0.05, 0) is 43.7 Å². The van der Waals surface area contributed by atoms with Gasteiger partial charge in [0.05, 0.1) is 30.3 Å². The molecule has 7 N–H and O–H groups in total. The molecule has 222 valence electrons. The van der Waals surface area contributed by atoms with E-state index in [1.165, 1.54) is 0 Å². The molecule has 0 saturated carbocycles. The summed E-state index contributed by atoms with van der Waals surface area (Å²) in [7, 11) is 3.60. The number of carbonyl (C=O) groups is 2. The normalized spacial score (nSPS) is 11.5. The molecule has 0 aliphatic rings. The van der Waals surface area contributed by atoms with E-state index in [0.717, 1.165) is 53.6 Å². The van der Waals surface area contributed by atoms with Gasteiger partial charge in [0.1, 0.15) is 6.04 Å². The summed E-state index contributed by atoms with van der Waals surface area (Å²) in [6, 6.07) is 2.39. The van der Waals surface area contributed by atoms with Crippen LogP contribution in [0.1, 0.15) is 57.9 Å². The summed E-state index contributed by atoms with van der Waals surface area (Å²) in [6.45, 7) is 6.15. The van der Waals surface area contributed by atoms with Crippen LogP contribution in [0.3, 0.4) is 0 Å². The molecule has 1 heterocycles. The number of urea groups is 1. The largest absolute Gasteiger partial charge is 0.493 e. The van der Waals surface area contributed by atoms with Crippen molar-refractivity contribution in [2.24, 2.45) is 16.5 Å². The second kappa shape index (κ2) is 16.9. The number of anilines is 1. The Kier molecular flexibility index (Phi) is 13.6. The van der Waals surface area contributed by atoms with E-state index < -0.39 is 18.0 Å². The van der Waals surface area contributed by atoms with Gasteiger partial charge in [-0.25, -0.2) is 9.59 Å². The van der Waals surface area contributed by atoms with Crippen LogP contribution in [0.2, 0.25) is 0 Å². The lowest BCUT2D eigenvalue weighted by atomic mass is 10.0. The third-order valence-electron chi connectivity index (χ3n) is 6.51. The zero-order valence-corrected chi connectivity index (χ0v) is 24.2. The lowest BCUT2D eigenvalue weighted by molar-refractivity contribution is -0.139. The van der Waals surface area contributed by atoms with Crippen molar-refractivity contribution in [3.63, 3.8) is 0 Å². The first-order valence-electron chi connectivity index (χ1n) is 13.9. The van der Waals surface area contributed by atoms with Gasteiger partial charge in [0.25, 0.3) is 0 Å². The predicted molar refractivity (Wildman–Crippen MR) is 158 cm³/mol. The number of ether oxygens (including phenoxy) is 2. The quantitative estimate of drug-likeness (QED) is 0.104. The number of guanidine groups is 1. The van der Waals surface area contributed by atoms with Gasteiger partial charge >= 0.3 is 12.0 Å². The molecule has 2 rings (SSSR count). The van der Waals surface area contributed by atoms with E-state index in [-0.39, 0.29) is 12.4 Å². The van der Waals surface area contributed by atoms with Gasteiger partial charge in [0.15, 0.2) is 17.5 Å². The van der Waals surface area contributed by atoms with Gasteiger partial charge < -0.3 is 41.6 Å². The molecule has 1 atom stereocenters. The van der Waals surface area contributed by atoms with Crippen molar-refractivity contribution in [2.45, 2.75) is 64.8 Å². The standard InChI is InChI=1S/C28H45N7O5/c1-5-7-8-17-40-25-22(39-4)18-21(24-23(25)19(6-2)12-15-31-24)35(3)16-10-14-33-28(38)34-20(26(36)37)11-9-13-32-27(29)30/h12,15,18,20H,5-11,13-14,16-17H2,1-4H3,(H,36,37)(H4,29,30,32)(H2,33,34,38)/t20-/m0/s1. The van der Waals surface area contributed by atoms with Crippen molar-refractivity contribution < 1.29 is 24.2 Å². The summed E-state index contributed by atoms with van der Waals surface area (Å²) < 4.78 is 12.0. The van der Waals surface area contributed by atoms with Gasteiger partial charge in [-0.2, -0.15) is 0 Å². The maximum Gasteiger partial charge on any atom is 0.326 e. The summed E-state index contributed by atoms with van der Waals surface area (Å²) in [5.74, 6) is 0.213. The van der Waals surface area contributed by atoms with Crippen LogP contribution in [0.15, 0.2) is 23.3 Å². The van der Waals surface area contributed by atoms with Crippen LogP contribution < -0.4 is 36.5 Å². The first kappa shape index (κ1) is 32.3. The number of methoxy groups -OCH3 is 1. The van der Waals surface area contributed by atoms with Crippen LogP contribution in [-0.2, 0) is 11.2 Å². The third kappa shape index (κ3) is 9.65. The summed E-state index contributed by atoms with van der Waals surface area (Å²) in [5.41, 5.74) is 13.4. The van der Waals surface area contributed by atoms with E-state index in [2.05, 4.69) is 34.4 Å². The lowest BCUT2D eigenvalue weighted by Crippen LogP contribution is -2.46. The molecule has 12 heteroatoms. The highest BCUT2D eigenvalue weighted by Crippen LogP contribution is 2.42. The number of aliphatic carboxylic acids is 1. The minimum absolute atomic E-state index is 0.0535. The van der Waals surface area contributed by atoms with Gasteiger partial charge in [-0.3, -0.25) is 9.98 Å². The second-order valence-electron chi connectivity index (χ2n) is 9.54. The number of hydrogen-bond acceptors (Lipinski definition) is 7. The number of benzene rings is 1. The number of nitrogens with zero attached hydrogens (tertiary/aromatic N) is 3. The number of fused-ring (bicyclic) bond motifs is 1. The first-order chi connectivity index (χ1) is 19.2. The van der Waals surface area contributed by atoms with Gasteiger partial charge in [0.2, 0.25) is 0 Å². The van der Waals surface area contributed by atoms with Crippen LogP contribution in [0.5, 0.6) is 11.5 Å². The lowest BCUT2D eigenvalue weighted by Gasteiger charge is -2.24. The molecule has 2 amide bonds. The van der Waals surface area contributed by atoms with Gasteiger partial charge in [-0.1, -0.05) is 26.7 Å². The van der Waals surface area contributed by atoms with Gasteiger partial charge in [-0.15, -0.1) is 0 Å². The van der Waals surface area contributed by atoms with Crippen LogP contribution in [-0.4, -0.2) is 74.5 Å². The molecular weight excluding hydrogens is 514 g/mol. The van der Waals surface area contributed by atoms with Crippen molar-refractivity contribution in [3.8, 4) is 11.5 Å². The average Bonchev–Trinajstić information content (AvgIpc) is 2.93. The fraction of sp³-hybridized carbons (Fsp3) is 0.571. The van der Waals surface area contributed by atoms with E-state index in [1.807, 2.05) is 25.4 Å². The van der Waals surface area contributed by atoms with Gasteiger partial charge in [0, 0.05) is 38.9 Å². The summed E-state index contributed by atoms with van der Waals surface area (Å²) in [6.07, 6.45) is 7.08. The zero-order chi connectivity index (χ0) is 29.5. The Hall–Kier alpha value is -3.96. The first-order valence-corrected chi connectivity index (χ1v) is 13.9. The number of rotatable bonds is 18. The number of carbonyl (C=O) groups excluding carboxylic acids is 1. The number of unbranched alkanes of at least 4 members (excludes halogenated alkanes) is 2. The monoisotopic (exact) mass is 559 g/mol. The Morgan fingerprint density at radius 2 is 1.98 bits per heavy atom. The molecule has 0 bridgehead atoms. The number of amides is 2. The molecule has 0 saturated heterocycles. The minimum atomic E-state index is -1.11. The van der Waals surface area contributed by atoms with Crippen LogP contribution in [0, 0.1) is 0 Å². The zero-order valence-electron chi connectivity index (χ0n) is 24.2. The molecule has 1 aromatic carbocycles. The Morgan fingerprint density at radius 3 is 2.62 bits per heavy atom. The smallest absolute Gasteiger partial charge is 0.326 e. The summed E-state index contributed by atoms with van der Waals surface area (Å²) >= 11 is 0. The highest BCUT2D eigenvalue weighted by molar-refractivity contribution is 5.99. The molecule has 0 aliphatic carbocycles. The number of aryl methyl sites for hydroxylation is 1. The molecular formula is C28H45N7O5. The molecule has 0 fully saturated rings. The molecule has 0 unspecified atom stereocenters. The van der Waals surface area contributed by atoms with Crippen LogP contribution in [0.25, 0.3) is 10.9 Å². The topological polar surface area (TPSA) is 177 Å². The van der Waals surface area contributed by atoms with E-state index in [9.17, 15) is 14.7 Å². The van der Waals surface area contributed by atoms with Crippen molar-refractivity contribution in [3.05, 3.63) is 23.9 Å². The predicted octanol–water partition coefficient (Wildman–Crippen LogP) is 3.01. The maximum atomic E-state index is 12.3. The minimum Gasteiger partial charge on any atom is -0.493 e. The van der Waals surface area contributed by atoms with Crippen molar-refractivity contribution >= 4 is 34.6 Å². The Balaban J connectivity index is 2.05. The molecule has 2 aromatic rings. The number of aromatic nitrogens is 1. The second-order valence-corrected chi connectivity index (χ2v) is 9.54. The number of aliphatic imine (C=N–C) groups is 1. The Morgan fingerprint density at radius 1 is 1.20 bits per heavy atom. The number of nitrogens with two attached hydrogens (primary N) is 2. The number of nitrogens with one attached hydrogen (secondary N) is 2. The SMILES string of the molecule is CCCCCOc1c(OC)cc(N(C)CCCNC(=O)N[C@@H](CCCN=C(N)N)C(=O)O)c2nccc(CC)c12. The Labute approximate surface area is 236 Å². The average molecular weight is 560 g/mol. The van der Waals surface area contributed by atoms with Crippen molar-refractivity contribution in [1.29, 1.82) is 0 Å². The van der Waals surface area contributed by atoms with Crippen LogP contribution in [0.4, 0.5) is 10.5 Å². The fourth-order valence-corrected chi connectivity index (χ4v) is 4.35. The Bertz CT molecular complexity index is 1140. The molecule has 12 nitrogen and oxygen atoms in total. The molecule has 1 aromatic heterocycles. The fourth-order valence-electron chi connectivity index (χ4n) is 4.35. The molecule has 0 spiro atoms. The maximum absolute atomic E-state index is 12.3. The number of carboxylic acids is 1. The third-order valence-corrected chi connectivity index (χ3v) is 6.51. The van der Waals surface area contributed by atoms with E-state index in [4.69, 9.17) is 25.9 Å². The van der Waals surface area contributed by atoms with Crippen molar-refractivity contribution in [1.82, 2.24) is 15.6 Å². The number of pyridine rings is 1. The summed E-state index contributed by atoms with van der Waals surface area (Å²) in [5, 5.41) is 15.6. The molecule has 0 aliphatic heterocycles.